The van der Waals surface area contributed by atoms with Crippen LogP contribution >= 0.6 is 15.9 Å². The number of rotatable bonds is 5. The average Bonchev–Trinajstić information content (AvgIpc) is 2.78. The van der Waals surface area contributed by atoms with Gasteiger partial charge in [0.05, 0.1) is 18.8 Å². The first kappa shape index (κ1) is 14.0. The monoisotopic (exact) mass is 313 g/mol. The molecule has 1 aliphatic rings. The topological polar surface area (TPSA) is 52.5 Å². The van der Waals surface area contributed by atoms with Crippen LogP contribution in [-0.2, 0) is 6.42 Å². The molecule has 0 bridgehead atoms. The number of fused-ring (bicyclic) bond motifs is 1. The van der Waals surface area contributed by atoms with E-state index in [1.807, 2.05) is 13.0 Å². The molecule has 1 atom stereocenters. The van der Waals surface area contributed by atoms with Crippen molar-refractivity contribution in [3.8, 4) is 0 Å². The van der Waals surface area contributed by atoms with E-state index in [-0.39, 0.29) is 19.3 Å². The Morgan fingerprint density at radius 1 is 1.39 bits per heavy atom. The van der Waals surface area contributed by atoms with Crippen molar-refractivity contribution in [3.63, 3.8) is 0 Å². The number of halogens is 1. The highest BCUT2D eigenvalue weighted by Crippen LogP contribution is 2.34. The number of hydrogen-bond donors (Lipinski definition) is 3. The van der Waals surface area contributed by atoms with Crippen LogP contribution in [0.3, 0.4) is 0 Å². The van der Waals surface area contributed by atoms with Crippen molar-refractivity contribution in [2.24, 2.45) is 0 Å². The second-order valence-corrected chi connectivity index (χ2v) is 5.94. The van der Waals surface area contributed by atoms with Crippen molar-refractivity contribution in [1.29, 1.82) is 0 Å². The van der Waals surface area contributed by atoms with Gasteiger partial charge in [-0.2, -0.15) is 0 Å². The SMILES string of the molecule is CCC(CO)(CO)NC1CCc2cc(Br)ccc21. The van der Waals surface area contributed by atoms with E-state index in [2.05, 4.69) is 33.4 Å². The summed E-state index contributed by atoms with van der Waals surface area (Å²) >= 11 is 3.49. The highest BCUT2D eigenvalue weighted by molar-refractivity contribution is 9.10. The molecule has 0 spiro atoms. The van der Waals surface area contributed by atoms with E-state index >= 15 is 0 Å². The maximum Gasteiger partial charge on any atom is 0.0650 e. The predicted molar refractivity (Wildman–Crippen MR) is 75.5 cm³/mol. The number of aliphatic hydroxyl groups excluding tert-OH is 2. The smallest absolute Gasteiger partial charge is 0.0650 e. The Labute approximate surface area is 116 Å². The molecule has 0 aliphatic heterocycles. The predicted octanol–water partition coefficient (Wildman–Crippen LogP) is 2.16. The molecule has 18 heavy (non-hydrogen) atoms. The molecular formula is C14H20BrNO2. The Bertz CT molecular complexity index is 410. The normalized spacial score (nSPS) is 19.0. The Balaban J connectivity index is 2.18. The second kappa shape index (κ2) is 5.70. The molecule has 0 fully saturated rings. The van der Waals surface area contributed by atoms with Crippen molar-refractivity contribution in [1.82, 2.24) is 5.32 Å². The largest absolute Gasteiger partial charge is 0.394 e. The Morgan fingerprint density at radius 3 is 2.72 bits per heavy atom. The van der Waals surface area contributed by atoms with Crippen molar-refractivity contribution >= 4 is 15.9 Å². The summed E-state index contributed by atoms with van der Waals surface area (Å²) < 4.78 is 1.10. The first-order chi connectivity index (χ1) is 8.64. The fourth-order valence-corrected chi connectivity index (χ4v) is 2.98. The number of benzene rings is 1. The molecule has 1 unspecified atom stereocenters. The molecule has 0 radical (unpaired) electrons. The summed E-state index contributed by atoms with van der Waals surface area (Å²) in [6.45, 7) is 1.90. The standard InChI is InChI=1S/C14H20BrNO2/c1-2-14(8-17,9-18)16-13-6-3-10-7-11(15)4-5-12(10)13/h4-5,7,13,16-18H,2-3,6,8-9H2,1H3. The summed E-state index contributed by atoms with van der Waals surface area (Å²) in [7, 11) is 0. The zero-order chi connectivity index (χ0) is 13.2. The molecule has 1 aromatic rings. The van der Waals surface area contributed by atoms with Gasteiger partial charge in [0.15, 0.2) is 0 Å². The van der Waals surface area contributed by atoms with Crippen LogP contribution in [0.5, 0.6) is 0 Å². The maximum absolute atomic E-state index is 9.50. The number of hydrogen-bond acceptors (Lipinski definition) is 3. The summed E-state index contributed by atoms with van der Waals surface area (Å²) in [5.74, 6) is 0. The first-order valence-corrected chi connectivity index (χ1v) is 7.21. The number of nitrogens with one attached hydrogen (secondary N) is 1. The average molecular weight is 314 g/mol. The highest BCUT2D eigenvalue weighted by Gasteiger charge is 2.32. The molecule has 3 N–H and O–H groups in total. The van der Waals surface area contributed by atoms with Crippen LogP contribution in [0.15, 0.2) is 22.7 Å². The van der Waals surface area contributed by atoms with Crippen molar-refractivity contribution < 1.29 is 10.2 Å². The third-order valence-corrected chi connectivity index (χ3v) is 4.44. The molecule has 0 heterocycles. The van der Waals surface area contributed by atoms with Gasteiger partial charge in [0, 0.05) is 10.5 Å². The lowest BCUT2D eigenvalue weighted by Crippen LogP contribution is -2.52. The van der Waals surface area contributed by atoms with E-state index in [0.717, 1.165) is 17.3 Å². The molecule has 0 saturated carbocycles. The van der Waals surface area contributed by atoms with Gasteiger partial charge in [-0.15, -0.1) is 0 Å². The minimum Gasteiger partial charge on any atom is -0.394 e. The molecule has 1 aromatic carbocycles. The summed E-state index contributed by atoms with van der Waals surface area (Å²) in [4.78, 5) is 0. The Kier molecular flexibility index (Phi) is 4.43. The quantitative estimate of drug-likeness (QED) is 0.781. The maximum atomic E-state index is 9.50. The summed E-state index contributed by atoms with van der Waals surface area (Å²) in [5, 5.41) is 22.4. The molecule has 3 nitrogen and oxygen atoms in total. The lowest BCUT2D eigenvalue weighted by Gasteiger charge is -2.33. The number of aliphatic hydroxyl groups is 2. The molecule has 100 valence electrons. The van der Waals surface area contributed by atoms with Crippen LogP contribution in [0.4, 0.5) is 0 Å². The van der Waals surface area contributed by atoms with E-state index in [9.17, 15) is 10.2 Å². The molecule has 0 saturated heterocycles. The van der Waals surface area contributed by atoms with Crippen LogP contribution in [0.1, 0.15) is 36.9 Å². The van der Waals surface area contributed by atoms with Gasteiger partial charge in [-0.25, -0.2) is 0 Å². The minimum absolute atomic E-state index is 0.0393. The first-order valence-electron chi connectivity index (χ1n) is 6.42. The van der Waals surface area contributed by atoms with Crippen LogP contribution in [0, 0.1) is 0 Å². The minimum atomic E-state index is -0.570. The van der Waals surface area contributed by atoms with Crippen molar-refractivity contribution in [2.45, 2.75) is 37.8 Å². The van der Waals surface area contributed by atoms with Gasteiger partial charge in [0.2, 0.25) is 0 Å². The van der Waals surface area contributed by atoms with Gasteiger partial charge < -0.3 is 15.5 Å². The summed E-state index contributed by atoms with van der Waals surface area (Å²) in [6, 6.07) is 6.55. The Morgan fingerprint density at radius 2 is 2.11 bits per heavy atom. The Hall–Kier alpha value is -0.420. The van der Waals surface area contributed by atoms with Crippen LogP contribution in [0.2, 0.25) is 0 Å². The lowest BCUT2D eigenvalue weighted by atomic mass is 9.95. The fourth-order valence-electron chi connectivity index (χ4n) is 2.57. The van der Waals surface area contributed by atoms with Crippen molar-refractivity contribution in [3.05, 3.63) is 33.8 Å². The molecule has 0 amide bonds. The van der Waals surface area contributed by atoms with Gasteiger partial charge in [0.25, 0.3) is 0 Å². The van der Waals surface area contributed by atoms with Gasteiger partial charge in [-0.1, -0.05) is 28.9 Å². The van der Waals surface area contributed by atoms with E-state index in [1.54, 1.807) is 0 Å². The molecular weight excluding hydrogens is 294 g/mol. The zero-order valence-electron chi connectivity index (χ0n) is 10.6. The number of aryl methyl sites for hydroxylation is 1. The molecule has 4 heteroatoms. The lowest BCUT2D eigenvalue weighted by molar-refractivity contribution is 0.0775. The third-order valence-electron chi connectivity index (χ3n) is 3.95. The molecule has 2 rings (SSSR count). The van der Waals surface area contributed by atoms with E-state index < -0.39 is 5.54 Å². The van der Waals surface area contributed by atoms with Gasteiger partial charge in [-0.05, 0) is 42.5 Å². The van der Waals surface area contributed by atoms with Crippen LogP contribution in [-0.4, -0.2) is 29.0 Å². The van der Waals surface area contributed by atoms with Gasteiger partial charge in [0.1, 0.15) is 0 Å². The summed E-state index contributed by atoms with van der Waals surface area (Å²) in [5.41, 5.74) is 2.07. The second-order valence-electron chi connectivity index (χ2n) is 5.03. The van der Waals surface area contributed by atoms with E-state index in [1.165, 1.54) is 11.1 Å². The van der Waals surface area contributed by atoms with E-state index in [0.29, 0.717) is 6.42 Å². The van der Waals surface area contributed by atoms with E-state index in [4.69, 9.17) is 0 Å². The van der Waals surface area contributed by atoms with Gasteiger partial charge >= 0.3 is 0 Å². The molecule has 1 aliphatic carbocycles. The highest BCUT2D eigenvalue weighted by atomic mass is 79.9. The fraction of sp³-hybridized carbons (Fsp3) is 0.571. The zero-order valence-corrected chi connectivity index (χ0v) is 12.2. The van der Waals surface area contributed by atoms with Crippen LogP contribution in [0.25, 0.3) is 0 Å². The van der Waals surface area contributed by atoms with Crippen LogP contribution < -0.4 is 5.32 Å². The van der Waals surface area contributed by atoms with Gasteiger partial charge in [-0.3, -0.25) is 0 Å². The van der Waals surface area contributed by atoms with Crippen molar-refractivity contribution in [2.75, 3.05) is 13.2 Å². The summed E-state index contributed by atoms with van der Waals surface area (Å²) in [6.07, 6.45) is 2.78. The third kappa shape index (κ3) is 2.62. The molecule has 0 aromatic heterocycles.